The van der Waals surface area contributed by atoms with E-state index in [2.05, 4.69) is 46.3 Å². The molecule has 186 valence electrons. The van der Waals surface area contributed by atoms with E-state index in [9.17, 15) is 9.59 Å². The number of anilines is 1. The minimum atomic E-state index is -0.493. The Balaban J connectivity index is 1.41. The highest BCUT2D eigenvalue weighted by Crippen LogP contribution is 2.29. The number of carbonyl (C=O) groups is 2. The Bertz CT molecular complexity index is 1810. The molecular formula is C32H25N3O2S. The van der Waals surface area contributed by atoms with Crippen LogP contribution < -0.4 is 10.2 Å². The molecule has 4 aromatic carbocycles. The summed E-state index contributed by atoms with van der Waals surface area (Å²) in [6, 6.07) is 28.6. The second-order valence-corrected chi connectivity index (χ2v) is 10.0. The number of carbonyl (C=O) groups excluding carboxylic acids is 2. The first-order valence-corrected chi connectivity index (χ1v) is 12.8. The van der Waals surface area contributed by atoms with Gasteiger partial charge in [-0.1, -0.05) is 66.7 Å². The summed E-state index contributed by atoms with van der Waals surface area (Å²) in [4.78, 5) is 28.1. The number of nitrogens with zero attached hydrogens (tertiary/aromatic N) is 2. The van der Waals surface area contributed by atoms with Crippen molar-refractivity contribution in [1.29, 1.82) is 0 Å². The fraction of sp³-hybridized carbons (Fsp3) is 0.0938. The average molecular weight is 516 g/mol. The summed E-state index contributed by atoms with van der Waals surface area (Å²) < 4.78 is 2.16. The molecule has 1 saturated heterocycles. The third kappa shape index (κ3) is 4.19. The van der Waals surface area contributed by atoms with Crippen molar-refractivity contribution >= 4 is 62.6 Å². The summed E-state index contributed by atoms with van der Waals surface area (Å²) in [5.74, 6) is -0.924. The van der Waals surface area contributed by atoms with Gasteiger partial charge in [-0.2, -0.15) is 0 Å². The van der Waals surface area contributed by atoms with E-state index in [1.165, 1.54) is 21.2 Å². The third-order valence-electron chi connectivity index (χ3n) is 6.99. The molecule has 6 rings (SSSR count). The number of nitrogens with one attached hydrogen (secondary N) is 1. The lowest BCUT2D eigenvalue weighted by atomic mass is 10.0. The van der Waals surface area contributed by atoms with Gasteiger partial charge in [-0.15, -0.1) is 0 Å². The van der Waals surface area contributed by atoms with Gasteiger partial charge in [-0.3, -0.25) is 19.8 Å². The molecule has 0 radical (unpaired) electrons. The summed E-state index contributed by atoms with van der Waals surface area (Å²) >= 11 is 5.41. The molecule has 0 atom stereocenters. The zero-order valence-corrected chi connectivity index (χ0v) is 21.9. The van der Waals surface area contributed by atoms with Gasteiger partial charge in [-0.05, 0) is 77.8 Å². The van der Waals surface area contributed by atoms with Crippen molar-refractivity contribution < 1.29 is 9.59 Å². The topological polar surface area (TPSA) is 54.3 Å². The van der Waals surface area contributed by atoms with Gasteiger partial charge in [0.1, 0.15) is 5.57 Å². The molecule has 0 bridgehead atoms. The molecule has 5 aromatic rings. The summed E-state index contributed by atoms with van der Waals surface area (Å²) in [5, 5.41) is 6.15. The first-order chi connectivity index (χ1) is 18.4. The van der Waals surface area contributed by atoms with Crippen LogP contribution in [0.4, 0.5) is 5.69 Å². The first-order valence-electron chi connectivity index (χ1n) is 12.4. The van der Waals surface area contributed by atoms with Crippen molar-refractivity contribution in [1.82, 2.24) is 9.88 Å². The van der Waals surface area contributed by atoms with E-state index in [-0.39, 0.29) is 10.7 Å². The Hall–Kier alpha value is -4.55. The number of thiocarbonyl (C=S) groups is 1. The highest BCUT2D eigenvalue weighted by Gasteiger charge is 2.35. The Kier molecular flexibility index (Phi) is 5.89. The van der Waals surface area contributed by atoms with Crippen LogP contribution in [0.5, 0.6) is 0 Å². The molecule has 1 aromatic heterocycles. The number of aromatic nitrogens is 1. The number of para-hydroxylation sites is 1. The second kappa shape index (κ2) is 9.39. The number of rotatable bonds is 4. The van der Waals surface area contributed by atoms with E-state index in [4.69, 9.17) is 12.2 Å². The maximum absolute atomic E-state index is 13.7. The Morgan fingerprint density at radius 1 is 0.868 bits per heavy atom. The molecule has 1 N–H and O–H groups in total. The minimum Gasteiger partial charge on any atom is -0.342 e. The van der Waals surface area contributed by atoms with E-state index in [0.29, 0.717) is 12.2 Å². The molecular weight excluding hydrogens is 490 g/mol. The summed E-state index contributed by atoms with van der Waals surface area (Å²) in [6.07, 6.45) is 3.68. The largest absolute Gasteiger partial charge is 0.342 e. The van der Waals surface area contributed by atoms with Crippen molar-refractivity contribution in [2.75, 3.05) is 4.90 Å². The van der Waals surface area contributed by atoms with Crippen LogP contribution in [-0.2, 0) is 16.1 Å². The van der Waals surface area contributed by atoms with Crippen LogP contribution in [0.3, 0.4) is 0 Å². The molecule has 6 heteroatoms. The lowest BCUT2D eigenvalue weighted by Gasteiger charge is -2.30. The average Bonchev–Trinajstić information content (AvgIpc) is 3.25. The van der Waals surface area contributed by atoms with Crippen molar-refractivity contribution in [2.24, 2.45) is 0 Å². The summed E-state index contributed by atoms with van der Waals surface area (Å²) in [6.45, 7) is 4.54. The van der Waals surface area contributed by atoms with Crippen LogP contribution in [0, 0.1) is 13.8 Å². The summed E-state index contributed by atoms with van der Waals surface area (Å²) in [5.41, 5.74) is 5.61. The molecule has 0 spiro atoms. The predicted octanol–water partition coefficient (Wildman–Crippen LogP) is 6.29. The fourth-order valence-corrected chi connectivity index (χ4v) is 5.32. The smallest absolute Gasteiger partial charge is 0.270 e. The minimum absolute atomic E-state index is 0.0492. The molecule has 0 unspecified atom stereocenters. The van der Waals surface area contributed by atoms with Gasteiger partial charge < -0.3 is 4.57 Å². The third-order valence-corrected chi connectivity index (χ3v) is 7.28. The quantitative estimate of drug-likeness (QED) is 0.174. The molecule has 38 heavy (non-hydrogen) atoms. The number of amides is 2. The number of aryl methyl sites for hydroxylation is 2. The van der Waals surface area contributed by atoms with Gasteiger partial charge in [0.05, 0.1) is 5.69 Å². The van der Waals surface area contributed by atoms with Crippen LogP contribution in [0.2, 0.25) is 0 Å². The van der Waals surface area contributed by atoms with Crippen molar-refractivity contribution in [3.63, 3.8) is 0 Å². The maximum Gasteiger partial charge on any atom is 0.270 e. The van der Waals surface area contributed by atoms with Gasteiger partial charge in [-0.25, -0.2) is 0 Å². The maximum atomic E-state index is 13.7. The van der Waals surface area contributed by atoms with Gasteiger partial charge in [0.2, 0.25) is 0 Å². The van der Waals surface area contributed by atoms with Crippen molar-refractivity contribution in [3.8, 4) is 0 Å². The highest BCUT2D eigenvalue weighted by molar-refractivity contribution is 7.80. The first kappa shape index (κ1) is 23.8. The number of fused-ring (bicyclic) bond motifs is 2. The predicted molar refractivity (Wildman–Crippen MR) is 157 cm³/mol. The van der Waals surface area contributed by atoms with E-state index >= 15 is 0 Å². The SMILES string of the molecule is Cc1ccc(C)c(N2C(=O)/C(=C/c3cn(Cc4ccc5ccccc5c4)c4ccccc34)C(=O)NC2=S)c1. The van der Waals surface area contributed by atoms with Crippen molar-refractivity contribution in [2.45, 2.75) is 20.4 Å². The lowest BCUT2D eigenvalue weighted by molar-refractivity contribution is -0.122. The van der Waals surface area contributed by atoms with Gasteiger partial charge in [0, 0.05) is 29.2 Å². The molecule has 5 nitrogen and oxygen atoms in total. The molecule has 2 amide bonds. The number of hydrogen-bond donors (Lipinski definition) is 1. The van der Waals surface area contributed by atoms with Crippen LogP contribution in [0.15, 0.2) is 96.7 Å². The zero-order valence-electron chi connectivity index (χ0n) is 21.1. The van der Waals surface area contributed by atoms with Crippen molar-refractivity contribution in [3.05, 3.63) is 119 Å². The van der Waals surface area contributed by atoms with Gasteiger partial charge >= 0.3 is 0 Å². The van der Waals surface area contributed by atoms with E-state index in [0.717, 1.165) is 27.6 Å². The van der Waals surface area contributed by atoms with E-state index in [1.54, 1.807) is 6.08 Å². The molecule has 2 heterocycles. The molecule has 1 aliphatic heterocycles. The molecule has 0 aliphatic carbocycles. The number of hydrogen-bond acceptors (Lipinski definition) is 3. The standard InChI is InChI=1S/C32H25N3O2S/c1-20-11-12-21(2)29(15-20)35-31(37)27(30(36)33-32(35)38)17-25-19-34(28-10-6-5-9-26(25)28)18-22-13-14-23-7-3-4-8-24(23)16-22/h3-17,19H,18H2,1-2H3,(H,33,36,38)/b27-17+. The van der Waals surface area contributed by atoms with Gasteiger partial charge in [0.15, 0.2) is 5.11 Å². The van der Waals surface area contributed by atoms with E-state index in [1.807, 2.05) is 68.6 Å². The van der Waals surface area contributed by atoms with E-state index < -0.39 is 11.8 Å². The fourth-order valence-electron chi connectivity index (χ4n) is 5.05. The summed E-state index contributed by atoms with van der Waals surface area (Å²) in [7, 11) is 0. The van der Waals surface area contributed by atoms with Gasteiger partial charge in [0.25, 0.3) is 11.8 Å². The molecule has 0 saturated carbocycles. The normalized spacial score (nSPS) is 15.1. The Morgan fingerprint density at radius 2 is 1.63 bits per heavy atom. The molecule has 1 aliphatic rings. The van der Waals surface area contributed by atoms with Crippen LogP contribution >= 0.6 is 12.2 Å². The van der Waals surface area contributed by atoms with Crippen LogP contribution in [-0.4, -0.2) is 21.5 Å². The second-order valence-electron chi connectivity index (χ2n) is 9.66. The Labute approximate surface area is 226 Å². The monoisotopic (exact) mass is 515 g/mol. The lowest BCUT2D eigenvalue weighted by Crippen LogP contribution is -2.54. The number of benzene rings is 4. The highest BCUT2D eigenvalue weighted by atomic mass is 32.1. The Morgan fingerprint density at radius 3 is 2.47 bits per heavy atom. The van der Waals surface area contributed by atoms with Crippen LogP contribution in [0.1, 0.15) is 22.3 Å². The van der Waals surface area contributed by atoms with Crippen LogP contribution in [0.25, 0.3) is 27.8 Å². The zero-order chi connectivity index (χ0) is 26.4. The molecule has 1 fully saturated rings.